The standard InChI is InChI=1S/C23H22N6O/c1-28(2)18-7-3-15(4-8-18)22-23(29-12-11-24-14-21(29)26-22)25-17-6-9-19-16(13-17)5-10-20(19)27-30/h3-4,6-9,11-14,20,25H,5,10H2,1-2H3. The second-order valence-corrected chi connectivity index (χ2v) is 7.75. The van der Waals surface area contributed by atoms with Crippen molar-refractivity contribution >= 4 is 22.8 Å². The molecule has 7 heteroatoms. The fourth-order valence-electron chi connectivity index (χ4n) is 4.06. The van der Waals surface area contributed by atoms with Crippen LogP contribution in [-0.2, 0) is 6.42 Å². The van der Waals surface area contributed by atoms with Gasteiger partial charge in [0.15, 0.2) is 5.65 Å². The van der Waals surface area contributed by atoms with Gasteiger partial charge in [0.25, 0.3) is 0 Å². The smallest absolute Gasteiger partial charge is 0.157 e. The van der Waals surface area contributed by atoms with Gasteiger partial charge in [0.1, 0.15) is 17.6 Å². The number of aromatic nitrogens is 3. The van der Waals surface area contributed by atoms with Crippen LogP contribution in [0.25, 0.3) is 16.9 Å². The maximum absolute atomic E-state index is 11.0. The largest absolute Gasteiger partial charge is 0.378 e. The number of benzene rings is 2. The van der Waals surface area contributed by atoms with Gasteiger partial charge in [-0.25, -0.2) is 4.98 Å². The molecule has 2 aromatic carbocycles. The highest BCUT2D eigenvalue weighted by Crippen LogP contribution is 2.37. The SMILES string of the molecule is CN(C)c1ccc(-c2nc3cnccn3c2Nc2ccc3c(c2)CCC3N=O)cc1. The maximum Gasteiger partial charge on any atom is 0.157 e. The van der Waals surface area contributed by atoms with E-state index in [0.717, 1.165) is 52.5 Å². The summed E-state index contributed by atoms with van der Waals surface area (Å²) >= 11 is 0. The molecule has 0 aliphatic heterocycles. The zero-order valence-corrected chi connectivity index (χ0v) is 16.9. The van der Waals surface area contributed by atoms with Crippen LogP contribution in [0.5, 0.6) is 0 Å². The van der Waals surface area contributed by atoms with E-state index in [1.54, 1.807) is 12.4 Å². The Morgan fingerprint density at radius 3 is 2.77 bits per heavy atom. The zero-order chi connectivity index (χ0) is 20.7. The van der Waals surface area contributed by atoms with E-state index < -0.39 is 0 Å². The lowest BCUT2D eigenvalue weighted by molar-refractivity contribution is 0.710. The molecule has 150 valence electrons. The summed E-state index contributed by atoms with van der Waals surface area (Å²) in [6.07, 6.45) is 7.07. The topological polar surface area (TPSA) is 74.9 Å². The number of rotatable bonds is 5. The van der Waals surface area contributed by atoms with Crippen LogP contribution in [-0.4, -0.2) is 28.5 Å². The highest BCUT2D eigenvalue weighted by atomic mass is 16.3. The molecule has 7 nitrogen and oxygen atoms in total. The van der Waals surface area contributed by atoms with Gasteiger partial charge in [-0.3, -0.25) is 9.38 Å². The van der Waals surface area contributed by atoms with Crippen LogP contribution in [0.2, 0.25) is 0 Å². The van der Waals surface area contributed by atoms with Crippen LogP contribution in [0, 0.1) is 4.91 Å². The molecule has 0 spiro atoms. The molecule has 5 rings (SSSR count). The molecule has 0 fully saturated rings. The molecule has 0 radical (unpaired) electrons. The van der Waals surface area contributed by atoms with E-state index >= 15 is 0 Å². The van der Waals surface area contributed by atoms with Crippen molar-refractivity contribution in [1.82, 2.24) is 14.4 Å². The van der Waals surface area contributed by atoms with Crippen molar-refractivity contribution in [1.29, 1.82) is 0 Å². The van der Waals surface area contributed by atoms with Gasteiger partial charge in [0.2, 0.25) is 0 Å². The lowest BCUT2D eigenvalue weighted by Gasteiger charge is -2.13. The average molecular weight is 398 g/mol. The Kier molecular flexibility index (Phi) is 4.43. The first-order valence-corrected chi connectivity index (χ1v) is 9.96. The summed E-state index contributed by atoms with van der Waals surface area (Å²) in [5.41, 5.74) is 6.98. The van der Waals surface area contributed by atoms with Crippen LogP contribution in [0.15, 0.2) is 66.2 Å². The molecular weight excluding hydrogens is 376 g/mol. The lowest BCUT2D eigenvalue weighted by atomic mass is 10.1. The Morgan fingerprint density at radius 2 is 2.00 bits per heavy atom. The van der Waals surface area contributed by atoms with Gasteiger partial charge in [-0.1, -0.05) is 23.4 Å². The first-order valence-electron chi connectivity index (χ1n) is 9.96. The Bertz CT molecular complexity index is 1230. The van der Waals surface area contributed by atoms with E-state index in [-0.39, 0.29) is 6.04 Å². The van der Waals surface area contributed by atoms with Crippen molar-refractivity contribution in [3.8, 4) is 11.3 Å². The van der Waals surface area contributed by atoms with Gasteiger partial charge in [-0.2, -0.15) is 4.91 Å². The molecule has 2 aromatic heterocycles. The lowest BCUT2D eigenvalue weighted by Crippen LogP contribution is -2.07. The summed E-state index contributed by atoms with van der Waals surface area (Å²) in [6, 6.07) is 14.2. The second kappa shape index (κ2) is 7.26. The highest BCUT2D eigenvalue weighted by molar-refractivity contribution is 5.80. The minimum Gasteiger partial charge on any atom is -0.378 e. The molecule has 1 atom stereocenters. The van der Waals surface area contributed by atoms with Crippen molar-refractivity contribution in [2.75, 3.05) is 24.3 Å². The first kappa shape index (κ1) is 18.3. The molecule has 1 N–H and O–H groups in total. The second-order valence-electron chi connectivity index (χ2n) is 7.75. The van der Waals surface area contributed by atoms with Crippen LogP contribution in [0.1, 0.15) is 23.6 Å². The van der Waals surface area contributed by atoms with E-state index in [9.17, 15) is 4.91 Å². The molecule has 2 heterocycles. The number of hydrogen-bond donors (Lipinski definition) is 1. The molecule has 1 aliphatic carbocycles. The van der Waals surface area contributed by atoms with Gasteiger partial charge in [-0.05, 0) is 48.2 Å². The summed E-state index contributed by atoms with van der Waals surface area (Å²) in [5, 5.41) is 6.80. The number of hydrogen-bond acceptors (Lipinski definition) is 6. The fraction of sp³-hybridized carbons (Fsp3) is 0.217. The third-order valence-electron chi connectivity index (χ3n) is 5.67. The Hall–Kier alpha value is -3.74. The summed E-state index contributed by atoms with van der Waals surface area (Å²) in [5.74, 6) is 0.882. The minimum absolute atomic E-state index is 0.221. The van der Waals surface area contributed by atoms with Crippen molar-refractivity contribution in [2.45, 2.75) is 18.9 Å². The molecule has 1 aliphatic rings. The maximum atomic E-state index is 11.0. The summed E-state index contributed by atoms with van der Waals surface area (Å²) in [7, 11) is 4.05. The van der Waals surface area contributed by atoms with Crippen LogP contribution in [0.3, 0.4) is 0 Å². The molecule has 1 unspecified atom stereocenters. The Morgan fingerprint density at radius 1 is 1.17 bits per heavy atom. The number of imidazole rings is 1. The number of nitrogens with one attached hydrogen (secondary N) is 1. The van der Waals surface area contributed by atoms with Gasteiger partial charge in [0.05, 0.1) is 6.20 Å². The van der Waals surface area contributed by atoms with Crippen molar-refractivity contribution in [3.05, 3.63) is 77.1 Å². The van der Waals surface area contributed by atoms with Crippen LogP contribution < -0.4 is 10.2 Å². The van der Waals surface area contributed by atoms with Gasteiger partial charge >= 0.3 is 0 Å². The Balaban J connectivity index is 1.57. The summed E-state index contributed by atoms with van der Waals surface area (Å²) in [4.78, 5) is 22.1. The first-order chi connectivity index (χ1) is 14.6. The van der Waals surface area contributed by atoms with Crippen molar-refractivity contribution < 1.29 is 0 Å². The molecule has 0 amide bonds. The van der Waals surface area contributed by atoms with Gasteiger partial charge < -0.3 is 10.2 Å². The van der Waals surface area contributed by atoms with E-state index in [4.69, 9.17) is 4.98 Å². The Labute approximate surface area is 174 Å². The zero-order valence-electron chi connectivity index (χ0n) is 16.9. The molecular formula is C23H22N6O. The molecule has 4 aromatic rings. The number of fused-ring (bicyclic) bond motifs is 2. The molecule has 0 saturated carbocycles. The van der Waals surface area contributed by atoms with E-state index in [1.807, 2.05) is 36.8 Å². The van der Waals surface area contributed by atoms with Crippen molar-refractivity contribution in [2.24, 2.45) is 5.18 Å². The van der Waals surface area contributed by atoms with Gasteiger partial charge in [-0.15, -0.1) is 0 Å². The predicted molar refractivity (Wildman–Crippen MR) is 119 cm³/mol. The normalized spacial score (nSPS) is 15.2. The van der Waals surface area contributed by atoms with E-state index in [0.29, 0.717) is 0 Å². The fourth-order valence-corrected chi connectivity index (χ4v) is 4.06. The van der Waals surface area contributed by atoms with Gasteiger partial charge in [0, 0.05) is 43.4 Å². The number of aryl methyl sites for hydroxylation is 1. The molecule has 0 saturated heterocycles. The van der Waals surface area contributed by atoms with E-state index in [1.165, 1.54) is 5.56 Å². The minimum atomic E-state index is -0.221. The van der Waals surface area contributed by atoms with Crippen molar-refractivity contribution in [3.63, 3.8) is 0 Å². The van der Waals surface area contributed by atoms with E-state index in [2.05, 4.69) is 50.7 Å². The average Bonchev–Trinajstić information content (AvgIpc) is 3.35. The summed E-state index contributed by atoms with van der Waals surface area (Å²) < 4.78 is 2.01. The predicted octanol–water partition coefficient (Wildman–Crippen LogP) is 4.96. The third kappa shape index (κ3) is 3.08. The number of nitroso groups, excluding NO2 is 1. The third-order valence-corrected chi connectivity index (χ3v) is 5.67. The molecule has 0 bridgehead atoms. The van der Waals surface area contributed by atoms with Crippen LogP contribution in [0.4, 0.5) is 17.2 Å². The monoisotopic (exact) mass is 398 g/mol. The number of anilines is 3. The molecule has 30 heavy (non-hydrogen) atoms. The quantitative estimate of drug-likeness (QED) is 0.481. The highest BCUT2D eigenvalue weighted by Gasteiger charge is 2.23. The van der Waals surface area contributed by atoms with Crippen LogP contribution >= 0.6 is 0 Å². The summed E-state index contributed by atoms with van der Waals surface area (Å²) in [6.45, 7) is 0. The number of nitrogens with zero attached hydrogens (tertiary/aromatic N) is 5.